The summed E-state index contributed by atoms with van der Waals surface area (Å²) in [6, 6.07) is 17.5. The molecule has 2 heterocycles. The van der Waals surface area contributed by atoms with Gasteiger partial charge in [-0.3, -0.25) is 0 Å². The normalized spacial score (nSPS) is 15.1. The van der Waals surface area contributed by atoms with Crippen LogP contribution < -0.4 is 0 Å². The number of fused-ring (bicyclic) bond motifs is 1. The summed E-state index contributed by atoms with van der Waals surface area (Å²) in [4.78, 5) is 0.274. The lowest BCUT2D eigenvalue weighted by Gasteiger charge is -2.27. The summed E-state index contributed by atoms with van der Waals surface area (Å²) in [7, 11) is -3.57. The summed E-state index contributed by atoms with van der Waals surface area (Å²) in [6.07, 6.45) is 2.35. The number of nitrogens with zero attached hydrogens (tertiary/aromatic N) is 3. The van der Waals surface area contributed by atoms with Crippen molar-refractivity contribution in [2.24, 2.45) is 0 Å². The lowest BCUT2D eigenvalue weighted by atomic mass is 10.0. The molecule has 0 fully saturated rings. The number of hydrogen-bond acceptors (Lipinski definition) is 3. The second-order valence-corrected chi connectivity index (χ2v) is 8.12. The van der Waals surface area contributed by atoms with Crippen LogP contribution in [0.15, 0.2) is 65.7 Å². The van der Waals surface area contributed by atoms with Gasteiger partial charge < -0.3 is 0 Å². The first kappa shape index (κ1) is 16.1. The van der Waals surface area contributed by atoms with Gasteiger partial charge in [-0.05, 0) is 36.6 Å². The third-order valence-electron chi connectivity index (χ3n) is 4.59. The highest BCUT2D eigenvalue weighted by Gasteiger charge is 2.31. The molecule has 1 aromatic heterocycles. The molecule has 4 rings (SSSR count). The van der Waals surface area contributed by atoms with Crippen LogP contribution in [0.25, 0.3) is 5.69 Å². The Labute approximate surface area is 147 Å². The van der Waals surface area contributed by atoms with Crippen molar-refractivity contribution in [2.45, 2.75) is 24.8 Å². The number of rotatable bonds is 3. The van der Waals surface area contributed by atoms with Crippen LogP contribution in [-0.2, 0) is 23.0 Å². The van der Waals surface area contributed by atoms with Crippen LogP contribution in [0, 0.1) is 6.92 Å². The van der Waals surface area contributed by atoms with Gasteiger partial charge in [0.25, 0.3) is 0 Å². The molecular weight excluding hydrogens is 334 g/mol. The summed E-state index contributed by atoms with van der Waals surface area (Å²) in [5.41, 5.74) is 3.66. The predicted octanol–water partition coefficient (Wildman–Crippen LogP) is 2.93. The van der Waals surface area contributed by atoms with E-state index in [1.165, 1.54) is 5.56 Å². The minimum Gasteiger partial charge on any atom is -0.239 e. The smallest absolute Gasteiger partial charge is 0.239 e. The van der Waals surface area contributed by atoms with Gasteiger partial charge in [0.15, 0.2) is 0 Å². The molecule has 0 N–H and O–H groups in total. The van der Waals surface area contributed by atoms with Crippen LogP contribution in [0.4, 0.5) is 0 Å². The molecule has 6 heteroatoms. The summed E-state index contributed by atoms with van der Waals surface area (Å²) in [6.45, 7) is 2.65. The second kappa shape index (κ2) is 6.13. The molecule has 0 saturated heterocycles. The fraction of sp³-hybridized carbons (Fsp3) is 0.211. The van der Waals surface area contributed by atoms with Crippen molar-refractivity contribution in [2.75, 3.05) is 6.54 Å². The molecule has 0 atom stereocenters. The third-order valence-corrected chi connectivity index (χ3v) is 6.54. The number of aryl methyl sites for hydroxylation is 1. The molecule has 1 aliphatic heterocycles. The average Bonchev–Trinajstić information content (AvgIpc) is 3.04. The topological polar surface area (TPSA) is 55.2 Å². The minimum absolute atomic E-state index is 0.274. The van der Waals surface area contributed by atoms with Gasteiger partial charge in [0.1, 0.15) is 4.90 Å². The van der Waals surface area contributed by atoms with Crippen molar-refractivity contribution in [1.82, 2.24) is 14.1 Å². The molecule has 0 radical (unpaired) electrons. The summed E-state index contributed by atoms with van der Waals surface area (Å²) < 4.78 is 29.4. The SMILES string of the molecule is Cc1nn(-c2ccccc2)cc1S(=O)(=O)N1CCc2ccccc2C1. The molecule has 0 saturated carbocycles. The molecule has 128 valence electrons. The Balaban J connectivity index is 1.69. The first-order valence-electron chi connectivity index (χ1n) is 8.24. The highest BCUT2D eigenvalue weighted by atomic mass is 32.2. The molecule has 2 aromatic carbocycles. The standard InChI is InChI=1S/C19H19N3O2S/c1-15-19(14-22(20-15)18-9-3-2-4-10-18)25(23,24)21-12-11-16-7-5-6-8-17(16)13-21/h2-10,14H,11-13H2,1H3. The van der Waals surface area contributed by atoms with Crippen LogP contribution in [0.2, 0.25) is 0 Å². The van der Waals surface area contributed by atoms with Crippen LogP contribution in [0.1, 0.15) is 16.8 Å². The molecule has 0 amide bonds. The Kier molecular flexibility index (Phi) is 3.94. The minimum atomic E-state index is -3.57. The van der Waals surface area contributed by atoms with E-state index in [4.69, 9.17) is 0 Å². The lowest BCUT2D eigenvalue weighted by Crippen LogP contribution is -2.36. The first-order chi connectivity index (χ1) is 12.1. The Morgan fingerprint density at radius 1 is 0.960 bits per heavy atom. The maximum Gasteiger partial charge on any atom is 0.246 e. The molecule has 0 unspecified atom stereocenters. The molecule has 0 aliphatic carbocycles. The van der Waals surface area contributed by atoms with Crippen LogP contribution >= 0.6 is 0 Å². The zero-order valence-electron chi connectivity index (χ0n) is 14.0. The zero-order valence-corrected chi connectivity index (χ0v) is 14.8. The highest BCUT2D eigenvalue weighted by Crippen LogP contribution is 2.26. The van der Waals surface area contributed by atoms with Gasteiger partial charge in [0.2, 0.25) is 10.0 Å². The van der Waals surface area contributed by atoms with E-state index in [0.29, 0.717) is 18.8 Å². The lowest BCUT2D eigenvalue weighted by molar-refractivity contribution is 0.391. The Morgan fingerprint density at radius 2 is 1.64 bits per heavy atom. The fourth-order valence-electron chi connectivity index (χ4n) is 3.22. The number of benzene rings is 2. The maximum atomic E-state index is 13.1. The van der Waals surface area contributed by atoms with Gasteiger partial charge in [0.05, 0.1) is 17.6 Å². The first-order valence-corrected chi connectivity index (χ1v) is 9.68. The van der Waals surface area contributed by atoms with E-state index in [0.717, 1.165) is 17.7 Å². The largest absolute Gasteiger partial charge is 0.246 e. The summed E-state index contributed by atoms with van der Waals surface area (Å²) >= 11 is 0. The van der Waals surface area contributed by atoms with Gasteiger partial charge in [-0.2, -0.15) is 9.40 Å². The molecule has 25 heavy (non-hydrogen) atoms. The zero-order chi connectivity index (χ0) is 17.4. The van der Waals surface area contributed by atoms with Crippen LogP contribution in [0.5, 0.6) is 0 Å². The Morgan fingerprint density at radius 3 is 2.40 bits per heavy atom. The van der Waals surface area contributed by atoms with E-state index in [1.807, 2.05) is 48.5 Å². The van der Waals surface area contributed by atoms with Crippen molar-refractivity contribution in [3.05, 3.63) is 77.6 Å². The summed E-state index contributed by atoms with van der Waals surface area (Å²) in [5, 5.41) is 4.40. The average molecular weight is 353 g/mol. The molecule has 3 aromatic rings. The van der Waals surface area contributed by atoms with E-state index in [2.05, 4.69) is 11.2 Å². The number of sulfonamides is 1. The van der Waals surface area contributed by atoms with E-state index in [1.54, 1.807) is 22.1 Å². The van der Waals surface area contributed by atoms with Gasteiger partial charge in [-0.15, -0.1) is 0 Å². The number of hydrogen-bond donors (Lipinski definition) is 0. The Hall–Kier alpha value is -2.44. The molecule has 5 nitrogen and oxygen atoms in total. The Bertz CT molecular complexity index is 1010. The van der Waals surface area contributed by atoms with E-state index < -0.39 is 10.0 Å². The number of para-hydroxylation sites is 1. The van der Waals surface area contributed by atoms with E-state index in [9.17, 15) is 8.42 Å². The van der Waals surface area contributed by atoms with Gasteiger partial charge in [0, 0.05) is 13.1 Å². The second-order valence-electron chi connectivity index (χ2n) is 6.22. The van der Waals surface area contributed by atoms with Gasteiger partial charge in [-0.1, -0.05) is 42.5 Å². The third kappa shape index (κ3) is 2.88. The summed E-state index contributed by atoms with van der Waals surface area (Å²) in [5.74, 6) is 0. The van der Waals surface area contributed by atoms with Crippen LogP contribution in [0.3, 0.4) is 0 Å². The quantitative estimate of drug-likeness (QED) is 0.727. The maximum absolute atomic E-state index is 13.1. The van der Waals surface area contributed by atoms with Crippen molar-refractivity contribution >= 4 is 10.0 Å². The molecule has 1 aliphatic rings. The molecule has 0 spiro atoms. The van der Waals surface area contributed by atoms with Crippen molar-refractivity contribution in [3.8, 4) is 5.69 Å². The molecule has 0 bridgehead atoms. The van der Waals surface area contributed by atoms with Gasteiger partial charge >= 0.3 is 0 Å². The number of aromatic nitrogens is 2. The predicted molar refractivity (Wildman–Crippen MR) is 96.0 cm³/mol. The van der Waals surface area contributed by atoms with Crippen molar-refractivity contribution < 1.29 is 8.42 Å². The van der Waals surface area contributed by atoms with Gasteiger partial charge in [-0.25, -0.2) is 13.1 Å². The van der Waals surface area contributed by atoms with Crippen molar-refractivity contribution in [1.29, 1.82) is 0 Å². The highest BCUT2D eigenvalue weighted by molar-refractivity contribution is 7.89. The monoisotopic (exact) mass is 353 g/mol. The van der Waals surface area contributed by atoms with Crippen molar-refractivity contribution in [3.63, 3.8) is 0 Å². The van der Waals surface area contributed by atoms with Crippen LogP contribution in [-0.4, -0.2) is 29.0 Å². The van der Waals surface area contributed by atoms with E-state index >= 15 is 0 Å². The van der Waals surface area contributed by atoms with E-state index in [-0.39, 0.29) is 4.90 Å². The fourth-order valence-corrected chi connectivity index (χ4v) is 4.79. The molecular formula is C19H19N3O2S.